The zero-order valence-corrected chi connectivity index (χ0v) is 11.2. The third kappa shape index (κ3) is 3.86. The summed E-state index contributed by atoms with van der Waals surface area (Å²) in [5, 5.41) is 11.8. The predicted octanol–water partition coefficient (Wildman–Crippen LogP) is 2.03. The second-order valence-corrected chi connectivity index (χ2v) is 4.40. The molecular weight excluding hydrogens is 258 g/mol. The molecule has 0 aliphatic rings. The lowest BCUT2D eigenvalue weighted by molar-refractivity contribution is -0.123. The summed E-state index contributed by atoms with van der Waals surface area (Å²) >= 11 is 0. The number of rotatable bonds is 6. The topological polar surface area (TPSA) is 71.7 Å². The summed E-state index contributed by atoms with van der Waals surface area (Å²) in [6.45, 7) is 1.70. The van der Waals surface area contributed by atoms with Gasteiger partial charge in [-0.05, 0) is 36.8 Å². The normalized spacial score (nSPS) is 11.9. The molecule has 0 aliphatic heterocycles. The first-order chi connectivity index (χ1) is 9.69. The van der Waals surface area contributed by atoms with E-state index in [1.54, 1.807) is 42.7 Å². The number of nitrogens with one attached hydrogen (secondary N) is 1. The molecule has 1 heterocycles. The van der Waals surface area contributed by atoms with Crippen molar-refractivity contribution in [3.05, 3.63) is 54.0 Å². The summed E-state index contributed by atoms with van der Waals surface area (Å²) in [4.78, 5) is 11.7. The average molecular weight is 275 g/mol. The van der Waals surface area contributed by atoms with Gasteiger partial charge in [-0.1, -0.05) is 12.1 Å². The molecule has 2 rings (SSSR count). The van der Waals surface area contributed by atoms with Crippen LogP contribution in [0, 0.1) is 0 Å². The number of hydrogen-bond donors (Lipinski definition) is 2. The molecule has 0 saturated carbocycles. The Balaban J connectivity index is 1.83. The molecule has 5 heteroatoms. The van der Waals surface area contributed by atoms with Gasteiger partial charge in [0.2, 0.25) is 0 Å². The summed E-state index contributed by atoms with van der Waals surface area (Å²) < 4.78 is 10.6. The number of benzene rings is 1. The monoisotopic (exact) mass is 275 g/mol. The molecule has 1 unspecified atom stereocenters. The van der Waals surface area contributed by atoms with Crippen LogP contribution in [0.3, 0.4) is 0 Å². The predicted molar refractivity (Wildman–Crippen MR) is 73.1 cm³/mol. The summed E-state index contributed by atoms with van der Waals surface area (Å²) in [6.07, 6.45) is 1.56. The quantitative estimate of drug-likeness (QED) is 0.846. The van der Waals surface area contributed by atoms with Crippen LogP contribution < -0.4 is 10.1 Å². The maximum absolute atomic E-state index is 11.7. The lowest BCUT2D eigenvalue weighted by atomic mass is 10.2. The van der Waals surface area contributed by atoms with Crippen LogP contribution in [0.1, 0.15) is 24.3 Å². The smallest absolute Gasteiger partial charge is 0.258 e. The fraction of sp³-hybridized carbons (Fsp3) is 0.267. The van der Waals surface area contributed by atoms with Gasteiger partial charge < -0.3 is 19.6 Å². The third-order valence-corrected chi connectivity index (χ3v) is 2.80. The van der Waals surface area contributed by atoms with Crippen LogP contribution in [0.25, 0.3) is 0 Å². The van der Waals surface area contributed by atoms with Crippen molar-refractivity contribution >= 4 is 5.91 Å². The Bertz CT molecular complexity index is 551. The molecule has 0 spiro atoms. The van der Waals surface area contributed by atoms with E-state index in [9.17, 15) is 4.79 Å². The van der Waals surface area contributed by atoms with Crippen LogP contribution in [0.15, 0.2) is 47.1 Å². The van der Waals surface area contributed by atoms with Crippen molar-refractivity contribution in [2.24, 2.45) is 0 Å². The van der Waals surface area contributed by atoms with E-state index in [0.717, 1.165) is 5.56 Å². The lowest BCUT2D eigenvalue weighted by Crippen LogP contribution is -2.31. The lowest BCUT2D eigenvalue weighted by Gasteiger charge is -2.12. The van der Waals surface area contributed by atoms with Crippen LogP contribution in [-0.2, 0) is 11.4 Å². The molecule has 2 N–H and O–H groups in total. The Morgan fingerprint density at radius 2 is 2.25 bits per heavy atom. The first-order valence-electron chi connectivity index (χ1n) is 6.34. The van der Waals surface area contributed by atoms with E-state index in [4.69, 9.17) is 14.3 Å². The van der Waals surface area contributed by atoms with Gasteiger partial charge in [-0.2, -0.15) is 0 Å². The first kappa shape index (κ1) is 14.1. The number of amides is 1. The van der Waals surface area contributed by atoms with Gasteiger partial charge in [-0.3, -0.25) is 4.79 Å². The van der Waals surface area contributed by atoms with Crippen molar-refractivity contribution in [3.63, 3.8) is 0 Å². The number of furan rings is 1. The van der Waals surface area contributed by atoms with Gasteiger partial charge in [0.1, 0.15) is 11.5 Å². The molecule has 1 aromatic heterocycles. The summed E-state index contributed by atoms with van der Waals surface area (Å²) in [5.41, 5.74) is 0.742. The van der Waals surface area contributed by atoms with E-state index >= 15 is 0 Å². The Kier molecular flexibility index (Phi) is 4.79. The van der Waals surface area contributed by atoms with Gasteiger partial charge >= 0.3 is 0 Å². The van der Waals surface area contributed by atoms with Crippen molar-refractivity contribution in [2.45, 2.75) is 19.6 Å². The van der Waals surface area contributed by atoms with Crippen LogP contribution >= 0.6 is 0 Å². The summed E-state index contributed by atoms with van der Waals surface area (Å²) in [7, 11) is 0. The van der Waals surface area contributed by atoms with Crippen molar-refractivity contribution in [1.29, 1.82) is 0 Å². The minimum atomic E-state index is -0.233. The fourth-order valence-electron chi connectivity index (χ4n) is 1.77. The maximum atomic E-state index is 11.7. The molecule has 2 aromatic rings. The largest absolute Gasteiger partial charge is 0.484 e. The van der Waals surface area contributed by atoms with Crippen LogP contribution in [-0.4, -0.2) is 17.6 Å². The van der Waals surface area contributed by atoms with Gasteiger partial charge in [0.15, 0.2) is 6.61 Å². The molecule has 0 fully saturated rings. The van der Waals surface area contributed by atoms with E-state index in [2.05, 4.69) is 5.32 Å². The van der Waals surface area contributed by atoms with E-state index < -0.39 is 0 Å². The highest BCUT2D eigenvalue weighted by molar-refractivity contribution is 5.77. The molecule has 5 nitrogen and oxygen atoms in total. The van der Waals surface area contributed by atoms with Crippen molar-refractivity contribution in [1.82, 2.24) is 5.32 Å². The van der Waals surface area contributed by atoms with E-state index in [0.29, 0.717) is 11.5 Å². The molecule has 0 saturated heterocycles. The van der Waals surface area contributed by atoms with Crippen molar-refractivity contribution in [2.75, 3.05) is 6.61 Å². The Morgan fingerprint density at radius 3 is 2.95 bits per heavy atom. The van der Waals surface area contributed by atoms with Crippen molar-refractivity contribution < 1.29 is 19.1 Å². The van der Waals surface area contributed by atoms with Gasteiger partial charge in [0.25, 0.3) is 5.91 Å². The molecular formula is C15H17NO4. The number of carbonyl (C=O) groups is 1. The minimum Gasteiger partial charge on any atom is -0.484 e. The highest BCUT2D eigenvalue weighted by Gasteiger charge is 2.12. The minimum absolute atomic E-state index is 0.0566. The Labute approximate surface area is 117 Å². The fourth-order valence-corrected chi connectivity index (χ4v) is 1.77. The van der Waals surface area contributed by atoms with Gasteiger partial charge in [-0.15, -0.1) is 0 Å². The number of carbonyl (C=O) groups excluding carboxylic acids is 1. The number of ether oxygens (including phenoxy) is 1. The Hall–Kier alpha value is -2.27. The first-order valence-corrected chi connectivity index (χ1v) is 6.34. The molecule has 0 bridgehead atoms. The van der Waals surface area contributed by atoms with E-state index in [1.165, 1.54) is 0 Å². The van der Waals surface area contributed by atoms with Crippen LogP contribution in [0.2, 0.25) is 0 Å². The molecule has 20 heavy (non-hydrogen) atoms. The van der Waals surface area contributed by atoms with Gasteiger partial charge in [0, 0.05) is 0 Å². The zero-order valence-electron chi connectivity index (χ0n) is 11.2. The maximum Gasteiger partial charge on any atom is 0.258 e. The Morgan fingerprint density at radius 1 is 1.40 bits per heavy atom. The standard InChI is InChI=1S/C15H17NO4/c1-11(14-6-3-7-19-14)16-15(18)10-20-13-5-2-4-12(8-13)9-17/h2-8,11,17H,9-10H2,1H3,(H,16,18). The van der Waals surface area contributed by atoms with E-state index in [1.807, 2.05) is 6.92 Å². The summed E-state index contributed by atoms with van der Waals surface area (Å²) in [6, 6.07) is 10.4. The molecule has 1 atom stereocenters. The highest BCUT2D eigenvalue weighted by Crippen LogP contribution is 2.14. The van der Waals surface area contributed by atoms with E-state index in [-0.39, 0.29) is 25.2 Å². The molecule has 0 aliphatic carbocycles. The number of aliphatic hydroxyl groups is 1. The zero-order chi connectivity index (χ0) is 14.4. The van der Waals surface area contributed by atoms with Crippen molar-refractivity contribution in [3.8, 4) is 5.75 Å². The second kappa shape index (κ2) is 6.77. The molecule has 0 radical (unpaired) electrons. The van der Waals surface area contributed by atoms with Crippen LogP contribution in [0.4, 0.5) is 0 Å². The number of hydrogen-bond acceptors (Lipinski definition) is 4. The van der Waals surface area contributed by atoms with Gasteiger partial charge in [-0.25, -0.2) is 0 Å². The van der Waals surface area contributed by atoms with Gasteiger partial charge in [0.05, 0.1) is 18.9 Å². The molecule has 106 valence electrons. The molecule has 1 amide bonds. The number of aliphatic hydroxyl groups excluding tert-OH is 1. The third-order valence-electron chi connectivity index (χ3n) is 2.80. The van der Waals surface area contributed by atoms with Crippen LogP contribution in [0.5, 0.6) is 5.75 Å². The average Bonchev–Trinajstić information content (AvgIpc) is 2.99. The summed E-state index contributed by atoms with van der Waals surface area (Å²) in [5.74, 6) is 1.02. The SMILES string of the molecule is CC(NC(=O)COc1cccc(CO)c1)c1ccco1. The molecule has 1 aromatic carbocycles. The second-order valence-electron chi connectivity index (χ2n) is 4.40. The highest BCUT2D eigenvalue weighted by atomic mass is 16.5.